The van der Waals surface area contributed by atoms with E-state index in [0.29, 0.717) is 6.20 Å². The SMILES string of the molecule is O=c1[nH]c(=O)n([C@]2(O)[C@H](O)[C@@H](O)CO[C@@H]2CO)cc1F. The van der Waals surface area contributed by atoms with E-state index in [9.17, 15) is 29.3 Å². The van der Waals surface area contributed by atoms with Crippen LogP contribution >= 0.6 is 0 Å². The van der Waals surface area contributed by atoms with Gasteiger partial charge in [-0.3, -0.25) is 14.3 Å². The normalized spacial score (nSPS) is 34.1. The summed E-state index contributed by atoms with van der Waals surface area (Å²) in [4.78, 5) is 24.2. The number of rotatable bonds is 2. The van der Waals surface area contributed by atoms with Crippen LogP contribution in [-0.2, 0) is 10.5 Å². The topological polar surface area (TPSA) is 145 Å². The van der Waals surface area contributed by atoms with Crippen molar-refractivity contribution in [1.82, 2.24) is 9.55 Å². The summed E-state index contributed by atoms with van der Waals surface area (Å²) >= 11 is 0. The first kappa shape index (κ1) is 14.8. The standard InChI is InChI=1S/C10H13FN2O7/c11-4-1-13(9(18)12-8(4)17)10(19)6(2-14)20-3-5(15)7(10)16/h1,5-7,14-16,19H,2-3H2,(H,12,17,18)/t5-,6+,7+,10+/m0/s1. The van der Waals surface area contributed by atoms with Crippen molar-refractivity contribution < 1.29 is 29.6 Å². The van der Waals surface area contributed by atoms with Crippen molar-refractivity contribution in [2.45, 2.75) is 24.0 Å². The first-order valence-electron chi connectivity index (χ1n) is 5.65. The summed E-state index contributed by atoms with van der Waals surface area (Å²) in [5.41, 5.74) is -5.16. The number of hydrogen-bond donors (Lipinski definition) is 5. The van der Waals surface area contributed by atoms with Crippen molar-refractivity contribution in [2.24, 2.45) is 0 Å². The highest BCUT2D eigenvalue weighted by atomic mass is 19.1. The summed E-state index contributed by atoms with van der Waals surface area (Å²) in [6.45, 7) is -1.21. The van der Waals surface area contributed by atoms with Crippen LogP contribution < -0.4 is 11.2 Å². The van der Waals surface area contributed by atoms with E-state index in [1.807, 2.05) is 0 Å². The van der Waals surface area contributed by atoms with Crippen molar-refractivity contribution in [3.05, 3.63) is 32.9 Å². The second-order valence-electron chi connectivity index (χ2n) is 4.41. The largest absolute Gasteiger partial charge is 0.393 e. The molecule has 0 bridgehead atoms. The molecule has 0 saturated carbocycles. The molecule has 1 aromatic heterocycles. The van der Waals surface area contributed by atoms with Crippen LogP contribution in [0.5, 0.6) is 0 Å². The van der Waals surface area contributed by atoms with E-state index in [1.165, 1.54) is 0 Å². The van der Waals surface area contributed by atoms with Crippen LogP contribution in [-0.4, -0.2) is 61.5 Å². The van der Waals surface area contributed by atoms with Crippen molar-refractivity contribution in [3.63, 3.8) is 0 Å². The third-order valence-corrected chi connectivity index (χ3v) is 3.19. The summed E-state index contributed by atoms with van der Waals surface area (Å²) in [7, 11) is 0. The smallest absolute Gasteiger partial charge is 0.331 e. The molecule has 10 heteroatoms. The molecule has 1 fully saturated rings. The number of H-pyrrole nitrogens is 1. The zero-order valence-electron chi connectivity index (χ0n) is 10.1. The summed E-state index contributed by atoms with van der Waals surface area (Å²) in [5, 5.41) is 38.9. The summed E-state index contributed by atoms with van der Waals surface area (Å²) in [5.74, 6) is -1.39. The monoisotopic (exact) mass is 292 g/mol. The predicted octanol–water partition coefficient (Wildman–Crippen LogP) is -3.57. The minimum Gasteiger partial charge on any atom is -0.393 e. The average molecular weight is 292 g/mol. The van der Waals surface area contributed by atoms with Gasteiger partial charge in [0, 0.05) is 0 Å². The van der Waals surface area contributed by atoms with Gasteiger partial charge in [-0.25, -0.2) is 4.79 Å². The van der Waals surface area contributed by atoms with E-state index in [4.69, 9.17) is 9.84 Å². The Morgan fingerprint density at radius 1 is 1.50 bits per heavy atom. The molecule has 2 heterocycles. The van der Waals surface area contributed by atoms with Gasteiger partial charge in [0.15, 0.2) is 0 Å². The number of nitrogens with one attached hydrogen (secondary N) is 1. The number of nitrogens with zero attached hydrogens (tertiary/aromatic N) is 1. The molecule has 20 heavy (non-hydrogen) atoms. The number of halogens is 1. The number of ether oxygens (including phenoxy) is 1. The fourth-order valence-electron chi connectivity index (χ4n) is 2.10. The van der Waals surface area contributed by atoms with E-state index in [0.717, 1.165) is 0 Å². The second-order valence-corrected chi connectivity index (χ2v) is 4.41. The fraction of sp³-hybridized carbons (Fsp3) is 0.600. The molecular weight excluding hydrogens is 279 g/mol. The van der Waals surface area contributed by atoms with Crippen LogP contribution in [0.4, 0.5) is 4.39 Å². The van der Waals surface area contributed by atoms with Gasteiger partial charge in [0.05, 0.1) is 19.4 Å². The maximum atomic E-state index is 13.3. The van der Waals surface area contributed by atoms with Gasteiger partial charge in [-0.05, 0) is 0 Å². The molecule has 2 rings (SSSR count). The zero-order valence-corrected chi connectivity index (χ0v) is 10.1. The van der Waals surface area contributed by atoms with Gasteiger partial charge in [-0.15, -0.1) is 0 Å². The third-order valence-electron chi connectivity index (χ3n) is 3.19. The Kier molecular flexibility index (Phi) is 3.75. The van der Waals surface area contributed by atoms with E-state index >= 15 is 0 Å². The van der Waals surface area contributed by atoms with E-state index in [1.54, 1.807) is 4.98 Å². The summed E-state index contributed by atoms with van der Waals surface area (Å²) in [6, 6.07) is 0. The molecule has 0 unspecified atom stereocenters. The van der Waals surface area contributed by atoms with Gasteiger partial charge < -0.3 is 25.2 Å². The average Bonchev–Trinajstić information content (AvgIpc) is 2.40. The highest BCUT2D eigenvalue weighted by Crippen LogP contribution is 2.29. The Morgan fingerprint density at radius 3 is 2.75 bits per heavy atom. The number of hydrogen-bond acceptors (Lipinski definition) is 7. The molecular formula is C10H13FN2O7. The Hall–Kier alpha value is -1.59. The van der Waals surface area contributed by atoms with Gasteiger partial charge in [-0.2, -0.15) is 4.39 Å². The first-order valence-corrected chi connectivity index (χ1v) is 5.65. The number of aliphatic hydroxyl groups excluding tert-OH is 3. The maximum Gasteiger partial charge on any atom is 0.331 e. The van der Waals surface area contributed by atoms with Gasteiger partial charge in [-0.1, -0.05) is 0 Å². The molecule has 1 aromatic rings. The van der Waals surface area contributed by atoms with Gasteiger partial charge >= 0.3 is 5.69 Å². The van der Waals surface area contributed by atoms with Crippen LogP contribution in [0.25, 0.3) is 0 Å². The lowest BCUT2D eigenvalue weighted by Gasteiger charge is -2.45. The molecule has 1 saturated heterocycles. The summed E-state index contributed by atoms with van der Waals surface area (Å²) in [6.07, 6.45) is -4.63. The molecule has 1 aliphatic rings. The minimum absolute atomic E-state index is 0.275. The van der Waals surface area contributed by atoms with Crippen molar-refractivity contribution in [1.29, 1.82) is 0 Å². The molecule has 0 aromatic carbocycles. The molecule has 0 radical (unpaired) electrons. The molecule has 9 nitrogen and oxygen atoms in total. The van der Waals surface area contributed by atoms with Gasteiger partial charge in [0.25, 0.3) is 5.56 Å². The third kappa shape index (κ3) is 2.07. The van der Waals surface area contributed by atoms with E-state index in [2.05, 4.69) is 0 Å². The highest BCUT2D eigenvalue weighted by molar-refractivity contribution is 5.01. The Labute approximate surface area is 110 Å². The van der Waals surface area contributed by atoms with Crippen molar-refractivity contribution >= 4 is 0 Å². The number of aromatic nitrogens is 2. The molecule has 5 N–H and O–H groups in total. The molecule has 1 aliphatic heterocycles. The van der Waals surface area contributed by atoms with Crippen molar-refractivity contribution in [3.8, 4) is 0 Å². The molecule has 112 valence electrons. The second kappa shape index (κ2) is 5.07. The highest BCUT2D eigenvalue weighted by Gasteiger charge is 2.53. The molecule has 4 atom stereocenters. The van der Waals surface area contributed by atoms with Gasteiger partial charge in [0.2, 0.25) is 11.5 Å². The Balaban J connectivity index is 2.64. The Bertz CT molecular complexity index is 610. The first-order chi connectivity index (χ1) is 9.32. The fourth-order valence-corrected chi connectivity index (χ4v) is 2.10. The van der Waals surface area contributed by atoms with Crippen LogP contribution in [0.2, 0.25) is 0 Å². The van der Waals surface area contributed by atoms with E-state index in [-0.39, 0.29) is 4.57 Å². The predicted molar refractivity (Wildman–Crippen MR) is 60.3 cm³/mol. The lowest BCUT2D eigenvalue weighted by atomic mass is 9.92. The molecule has 0 spiro atoms. The Morgan fingerprint density at radius 2 is 2.15 bits per heavy atom. The molecule has 0 amide bonds. The quantitative estimate of drug-likeness (QED) is 0.379. The lowest BCUT2D eigenvalue weighted by molar-refractivity contribution is -0.288. The zero-order chi connectivity index (χ0) is 15.1. The van der Waals surface area contributed by atoms with Crippen LogP contribution in [0.3, 0.4) is 0 Å². The lowest BCUT2D eigenvalue weighted by Crippen LogP contribution is -2.67. The number of aliphatic hydroxyl groups is 4. The van der Waals surface area contributed by atoms with Crippen LogP contribution in [0.15, 0.2) is 15.8 Å². The summed E-state index contributed by atoms with van der Waals surface area (Å²) < 4.78 is 18.5. The van der Waals surface area contributed by atoms with Crippen molar-refractivity contribution in [2.75, 3.05) is 13.2 Å². The molecule has 0 aliphatic carbocycles. The van der Waals surface area contributed by atoms with Gasteiger partial charge in [0.1, 0.15) is 18.3 Å². The minimum atomic E-state index is -2.63. The number of aromatic amines is 1. The van der Waals surface area contributed by atoms with E-state index < -0.39 is 54.3 Å². The van der Waals surface area contributed by atoms with Crippen LogP contribution in [0.1, 0.15) is 0 Å². The van der Waals surface area contributed by atoms with Crippen LogP contribution in [0, 0.1) is 5.82 Å². The maximum absolute atomic E-state index is 13.3.